The summed E-state index contributed by atoms with van der Waals surface area (Å²) in [4.78, 5) is 35.0. The number of phenolic OH excluding ortho intramolecular Hbond substituents is 2. The number of phenols is 2. The molecular formula is C16H13NO7. The summed E-state index contributed by atoms with van der Waals surface area (Å²) in [6.07, 6.45) is 0. The molecule has 0 saturated carbocycles. The second-order valence-electron chi connectivity index (χ2n) is 4.69. The number of nitrogens with zero attached hydrogens (tertiary/aromatic N) is 1. The first-order chi connectivity index (χ1) is 11.4. The summed E-state index contributed by atoms with van der Waals surface area (Å²) in [6, 6.07) is 8.32. The molecule has 0 saturated heterocycles. The first kappa shape index (κ1) is 16.9. The number of carbonyl (C=O) groups is 2. The number of nitro groups is 1. The third-order valence-electron chi connectivity index (χ3n) is 3.20. The highest BCUT2D eigenvalue weighted by atomic mass is 16.6. The Bertz CT molecular complexity index is 815. The molecule has 2 N–H and O–H groups in total. The molecule has 0 spiro atoms. The second-order valence-corrected chi connectivity index (χ2v) is 4.69. The number of ketones is 1. The average Bonchev–Trinajstić information content (AvgIpc) is 2.56. The SMILES string of the molecule is CCOC(=O)c1cc(O)c(O)c([N+](=O)[O-])c1C(=O)c1ccccc1. The number of esters is 1. The molecule has 2 rings (SSSR count). The van der Waals surface area contributed by atoms with Crippen LogP contribution in [0.1, 0.15) is 33.2 Å². The Kier molecular flexibility index (Phi) is 4.78. The summed E-state index contributed by atoms with van der Waals surface area (Å²) in [5.74, 6) is -3.85. The van der Waals surface area contributed by atoms with Gasteiger partial charge in [-0.3, -0.25) is 14.9 Å². The molecule has 0 bridgehead atoms. The Labute approximate surface area is 136 Å². The highest BCUT2D eigenvalue weighted by Gasteiger charge is 2.34. The van der Waals surface area contributed by atoms with Crippen LogP contribution in [0.15, 0.2) is 36.4 Å². The number of aromatic hydroxyl groups is 2. The first-order valence-electron chi connectivity index (χ1n) is 6.88. The van der Waals surface area contributed by atoms with Gasteiger partial charge in [-0.25, -0.2) is 4.79 Å². The Morgan fingerprint density at radius 1 is 1.21 bits per heavy atom. The summed E-state index contributed by atoms with van der Waals surface area (Å²) < 4.78 is 4.78. The second kappa shape index (κ2) is 6.78. The maximum absolute atomic E-state index is 12.7. The minimum Gasteiger partial charge on any atom is -0.504 e. The van der Waals surface area contributed by atoms with Gasteiger partial charge in [0.25, 0.3) is 0 Å². The van der Waals surface area contributed by atoms with E-state index in [1.54, 1.807) is 18.2 Å². The summed E-state index contributed by atoms with van der Waals surface area (Å²) in [5.41, 5.74) is -2.10. The zero-order valence-electron chi connectivity index (χ0n) is 12.6. The van der Waals surface area contributed by atoms with E-state index in [-0.39, 0.29) is 12.2 Å². The van der Waals surface area contributed by atoms with Crippen molar-refractivity contribution >= 4 is 17.4 Å². The van der Waals surface area contributed by atoms with Gasteiger partial charge in [0.1, 0.15) is 5.56 Å². The van der Waals surface area contributed by atoms with Crippen LogP contribution in [-0.2, 0) is 4.74 Å². The smallest absolute Gasteiger partial charge is 0.339 e. The molecule has 2 aromatic carbocycles. The highest BCUT2D eigenvalue weighted by Crippen LogP contribution is 2.41. The van der Waals surface area contributed by atoms with Gasteiger partial charge in [0.05, 0.1) is 17.1 Å². The number of rotatable bonds is 5. The van der Waals surface area contributed by atoms with E-state index in [1.807, 2.05) is 0 Å². The van der Waals surface area contributed by atoms with E-state index in [0.717, 1.165) is 6.07 Å². The lowest BCUT2D eigenvalue weighted by Crippen LogP contribution is -2.15. The maximum Gasteiger partial charge on any atom is 0.339 e. The number of carbonyl (C=O) groups excluding carboxylic acids is 2. The molecule has 0 radical (unpaired) electrons. The lowest BCUT2D eigenvalue weighted by Gasteiger charge is -2.11. The number of hydrogen-bond acceptors (Lipinski definition) is 7. The van der Waals surface area contributed by atoms with Crippen LogP contribution in [0, 0.1) is 10.1 Å². The zero-order valence-corrected chi connectivity index (χ0v) is 12.6. The standard InChI is InChI=1S/C16H13NO7/c1-2-24-16(21)10-8-11(18)15(20)13(17(22)23)12(10)14(19)9-6-4-3-5-7-9/h3-8,18,20H,2H2,1H3. The van der Waals surface area contributed by atoms with Gasteiger partial charge in [-0.2, -0.15) is 0 Å². The van der Waals surface area contributed by atoms with Crippen molar-refractivity contribution < 1.29 is 29.5 Å². The summed E-state index contributed by atoms with van der Waals surface area (Å²) >= 11 is 0. The predicted octanol–water partition coefficient (Wildman–Crippen LogP) is 2.41. The van der Waals surface area contributed by atoms with Gasteiger partial charge in [0, 0.05) is 5.56 Å². The third kappa shape index (κ3) is 3.02. The van der Waals surface area contributed by atoms with Crippen molar-refractivity contribution in [3.8, 4) is 11.5 Å². The van der Waals surface area contributed by atoms with Crippen molar-refractivity contribution in [3.05, 3.63) is 63.2 Å². The summed E-state index contributed by atoms with van der Waals surface area (Å²) in [7, 11) is 0. The van der Waals surface area contributed by atoms with Crippen LogP contribution in [-0.4, -0.2) is 33.5 Å². The molecule has 0 aromatic heterocycles. The molecular weight excluding hydrogens is 318 g/mol. The fourth-order valence-electron chi connectivity index (χ4n) is 2.16. The van der Waals surface area contributed by atoms with Crippen LogP contribution < -0.4 is 0 Å². The molecule has 0 amide bonds. The van der Waals surface area contributed by atoms with E-state index in [0.29, 0.717) is 0 Å². The molecule has 0 aliphatic carbocycles. The van der Waals surface area contributed by atoms with E-state index in [4.69, 9.17) is 4.74 Å². The molecule has 0 aliphatic heterocycles. The van der Waals surface area contributed by atoms with Crippen molar-refractivity contribution in [1.82, 2.24) is 0 Å². The van der Waals surface area contributed by atoms with Gasteiger partial charge in [0.2, 0.25) is 11.5 Å². The van der Waals surface area contributed by atoms with Gasteiger partial charge >= 0.3 is 11.7 Å². The van der Waals surface area contributed by atoms with Gasteiger partial charge < -0.3 is 14.9 Å². The topological polar surface area (TPSA) is 127 Å². The average molecular weight is 331 g/mol. The normalized spacial score (nSPS) is 10.2. The zero-order chi connectivity index (χ0) is 17.9. The Hall–Kier alpha value is -3.42. The van der Waals surface area contributed by atoms with Gasteiger partial charge in [-0.1, -0.05) is 30.3 Å². The monoisotopic (exact) mass is 331 g/mol. The van der Waals surface area contributed by atoms with Crippen molar-refractivity contribution in [2.75, 3.05) is 6.61 Å². The highest BCUT2D eigenvalue weighted by molar-refractivity contribution is 6.17. The maximum atomic E-state index is 12.7. The molecule has 24 heavy (non-hydrogen) atoms. The lowest BCUT2D eigenvalue weighted by atomic mass is 9.95. The van der Waals surface area contributed by atoms with Crippen LogP contribution in [0.25, 0.3) is 0 Å². The van der Waals surface area contributed by atoms with E-state index >= 15 is 0 Å². The summed E-state index contributed by atoms with van der Waals surface area (Å²) in [5, 5.41) is 30.7. The molecule has 0 atom stereocenters. The third-order valence-corrected chi connectivity index (χ3v) is 3.20. The van der Waals surface area contributed by atoms with Crippen molar-refractivity contribution in [2.24, 2.45) is 0 Å². The molecule has 2 aromatic rings. The molecule has 124 valence electrons. The largest absolute Gasteiger partial charge is 0.504 e. The Balaban J connectivity index is 2.79. The van der Waals surface area contributed by atoms with E-state index in [2.05, 4.69) is 0 Å². The predicted molar refractivity (Wildman–Crippen MR) is 82.3 cm³/mol. The van der Waals surface area contributed by atoms with Crippen LogP contribution >= 0.6 is 0 Å². The quantitative estimate of drug-likeness (QED) is 0.283. The number of ether oxygens (including phenoxy) is 1. The van der Waals surface area contributed by atoms with Crippen LogP contribution in [0.2, 0.25) is 0 Å². The molecule has 8 nitrogen and oxygen atoms in total. The molecule has 0 fully saturated rings. The van der Waals surface area contributed by atoms with E-state index in [1.165, 1.54) is 19.1 Å². The van der Waals surface area contributed by atoms with Crippen LogP contribution in [0.5, 0.6) is 11.5 Å². The minimum absolute atomic E-state index is 0.0345. The van der Waals surface area contributed by atoms with Crippen molar-refractivity contribution in [2.45, 2.75) is 6.92 Å². The Morgan fingerprint density at radius 3 is 2.38 bits per heavy atom. The fourth-order valence-corrected chi connectivity index (χ4v) is 2.16. The van der Waals surface area contributed by atoms with Gasteiger partial charge in [-0.05, 0) is 13.0 Å². The minimum atomic E-state index is -1.09. The van der Waals surface area contributed by atoms with Crippen molar-refractivity contribution in [3.63, 3.8) is 0 Å². The summed E-state index contributed by atoms with van der Waals surface area (Å²) in [6.45, 7) is 1.48. The van der Waals surface area contributed by atoms with Crippen LogP contribution in [0.3, 0.4) is 0 Å². The number of hydrogen-bond donors (Lipinski definition) is 2. The van der Waals surface area contributed by atoms with E-state index < -0.39 is 45.0 Å². The lowest BCUT2D eigenvalue weighted by molar-refractivity contribution is -0.386. The molecule has 0 aliphatic rings. The fraction of sp³-hybridized carbons (Fsp3) is 0.125. The first-order valence-corrected chi connectivity index (χ1v) is 6.88. The van der Waals surface area contributed by atoms with Crippen LogP contribution in [0.4, 0.5) is 5.69 Å². The van der Waals surface area contributed by atoms with Gasteiger partial charge in [-0.15, -0.1) is 0 Å². The molecule has 0 unspecified atom stereocenters. The van der Waals surface area contributed by atoms with E-state index in [9.17, 15) is 29.9 Å². The number of nitro benzene ring substituents is 1. The molecule has 8 heteroatoms. The number of benzene rings is 2. The Morgan fingerprint density at radius 2 is 1.83 bits per heavy atom. The van der Waals surface area contributed by atoms with Crippen molar-refractivity contribution in [1.29, 1.82) is 0 Å². The molecule has 0 heterocycles. The van der Waals surface area contributed by atoms with Gasteiger partial charge in [0.15, 0.2) is 5.75 Å².